The minimum absolute atomic E-state index is 0.0529. The summed E-state index contributed by atoms with van der Waals surface area (Å²) in [4.78, 5) is 41.0. The number of Topliss-reactive ketones (excluding diaryl/α,β-unsaturated/α-hetero) is 1. The summed E-state index contributed by atoms with van der Waals surface area (Å²) in [5, 5.41) is 9.33. The molecule has 0 aliphatic carbocycles. The van der Waals surface area contributed by atoms with Gasteiger partial charge in [-0.1, -0.05) is 36.8 Å². The molecule has 1 saturated heterocycles. The van der Waals surface area contributed by atoms with E-state index in [1.165, 1.54) is 4.57 Å². The van der Waals surface area contributed by atoms with Gasteiger partial charge >= 0.3 is 5.69 Å². The Morgan fingerprint density at radius 2 is 1.90 bits per heavy atom. The summed E-state index contributed by atoms with van der Waals surface area (Å²) >= 11 is 0. The molecule has 8 nitrogen and oxygen atoms in total. The number of nitrogen functional groups attached to an aromatic ring is 1. The average molecular weight is 415 g/mol. The third-order valence-electron chi connectivity index (χ3n) is 5.80. The van der Waals surface area contributed by atoms with E-state index in [9.17, 15) is 19.5 Å². The first-order valence-corrected chi connectivity index (χ1v) is 10.5. The Kier molecular flexibility index (Phi) is 7.23. The molecule has 3 rings (SSSR count). The van der Waals surface area contributed by atoms with Crippen LogP contribution in [-0.4, -0.2) is 50.7 Å². The van der Waals surface area contributed by atoms with Gasteiger partial charge in [0, 0.05) is 19.2 Å². The number of aliphatic hydroxyl groups is 1. The van der Waals surface area contributed by atoms with Gasteiger partial charge in [0.15, 0.2) is 5.78 Å². The fourth-order valence-electron chi connectivity index (χ4n) is 4.18. The van der Waals surface area contributed by atoms with Crippen molar-refractivity contribution in [3.8, 4) is 0 Å². The molecule has 162 valence electrons. The van der Waals surface area contributed by atoms with Crippen molar-refractivity contribution in [2.24, 2.45) is 0 Å². The zero-order valence-electron chi connectivity index (χ0n) is 17.4. The zero-order valence-corrected chi connectivity index (χ0v) is 17.4. The quantitative estimate of drug-likeness (QED) is 0.626. The number of nitrogens with zero attached hydrogens (tertiary/aromatic N) is 3. The number of carbonyl (C=O) groups is 1. The van der Waals surface area contributed by atoms with Crippen LogP contribution in [-0.2, 0) is 13.1 Å². The number of benzene rings is 1. The first-order chi connectivity index (χ1) is 14.5. The van der Waals surface area contributed by atoms with Gasteiger partial charge in [0.05, 0.1) is 13.1 Å². The highest BCUT2D eigenvalue weighted by Crippen LogP contribution is 2.20. The largest absolute Gasteiger partial charge is 0.396 e. The van der Waals surface area contributed by atoms with Gasteiger partial charge in [-0.3, -0.25) is 23.6 Å². The van der Waals surface area contributed by atoms with Crippen molar-refractivity contribution in [2.45, 2.75) is 51.7 Å². The minimum atomic E-state index is -0.634. The van der Waals surface area contributed by atoms with Crippen molar-refractivity contribution in [1.29, 1.82) is 0 Å². The van der Waals surface area contributed by atoms with Crippen LogP contribution in [0.3, 0.4) is 0 Å². The molecular formula is C22H30N4O4. The second-order valence-electron chi connectivity index (χ2n) is 7.72. The van der Waals surface area contributed by atoms with Gasteiger partial charge in [0.1, 0.15) is 11.4 Å². The third kappa shape index (κ3) is 4.55. The van der Waals surface area contributed by atoms with Crippen LogP contribution in [0.15, 0.2) is 39.9 Å². The smallest absolute Gasteiger partial charge is 0.332 e. The summed E-state index contributed by atoms with van der Waals surface area (Å²) in [5.41, 5.74) is 5.80. The Bertz CT molecular complexity index is 995. The first kappa shape index (κ1) is 22.0. The molecule has 1 aromatic heterocycles. The van der Waals surface area contributed by atoms with E-state index in [0.717, 1.165) is 35.9 Å². The van der Waals surface area contributed by atoms with Gasteiger partial charge in [-0.15, -0.1) is 0 Å². The molecule has 1 aromatic carbocycles. The molecule has 0 radical (unpaired) electrons. The van der Waals surface area contributed by atoms with E-state index in [1.807, 2.05) is 35.2 Å². The maximum atomic E-state index is 13.2. The molecule has 8 heteroatoms. The Hall–Kier alpha value is -2.71. The van der Waals surface area contributed by atoms with Crippen LogP contribution in [0.4, 0.5) is 5.82 Å². The predicted octanol–water partition coefficient (Wildman–Crippen LogP) is 1.08. The number of hydrogen-bond acceptors (Lipinski definition) is 6. The second-order valence-corrected chi connectivity index (χ2v) is 7.72. The summed E-state index contributed by atoms with van der Waals surface area (Å²) < 4.78 is 2.36. The molecule has 30 heavy (non-hydrogen) atoms. The predicted molar refractivity (Wildman–Crippen MR) is 116 cm³/mol. The van der Waals surface area contributed by atoms with Crippen molar-refractivity contribution in [1.82, 2.24) is 14.0 Å². The minimum Gasteiger partial charge on any atom is -0.396 e. The summed E-state index contributed by atoms with van der Waals surface area (Å²) in [6, 6.07) is 9.42. The highest BCUT2D eigenvalue weighted by Gasteiger charge is 2.28. The van der Waals surface area contributed by atoms with Crippen molar-refractivity contribution < 1.29 is 9.90 Å². The highest BCUT2D eigenvalue weighted by atomic mass is 16.3. The summed E-state index contributed by atoms with van der Waals surface area (Å²) in [5.74, 6) is -0.467. The van der Waals surface area contributed by atoms with E-state index in [4.69, 9.17) is 5.73 Å². The molecule has 0 amide bonds. The molecule has 2 aromatic rings. The van der Waals surface area contributed by atoms with Crippen LogP contribution in [0.2, 0.25) is 0 Å². The maximum Gasteiger partial charge on any atom is 0.332 e. The molecule has 2 heterocycles. The lowest BCUT2D eigenvalue weighted by Crippen LogP contribution is -2.47. The summed E-state index contributed by atoms with van der Waals surface area (Å²) in [6.45, 7) is 2.89. The number of aliphatic hydroxyl groups excluding tert-OH is 1. The Morgan fingerprint density at radius 3 is 2.57 bits per heavy atom. The van der Waals surface area contributed by atoms with Crippen LogP contribution in [0.5, 0.6) is 0 Å². The lowest BCUT2D eigenvalue weighted by molar-refractivity contribution is 0.0797. The number of nitrogens with two attached hydrogens (primary N) is 1. The molecular weight excluding hydrogens is 384 g/mol. The third-order valence-corrected chi connectivity index (χ3v) is 5.80. The van der Waals surface area contributed by atoms with Crippen molar-refractivity contribution in [3.63, 3.8) is 0 Å². The fourth-order valence-corrected chi connectivity index (χ4v) is 4.18. The molecule has 0 saturated carbocycles. The number of carbonyl (C=O) groups excluding carboxylic acids is 1. The van der Waals surface area contributed by atoms with Gasteiger partial charge in [0.2, 0.25) is 0 Å². The van der Waals surface area contributed by atoms with E-state index in [0.29, 0.717) is 6.42 Å². The number of aromatic nitrogens is 2. The van der Waals surface area contributed by atoms with Crippen LogP contribution < -0.4 is 17.0 Å². The zero-order chi connectivity index (χ0) is 21.7. The number of anilines is 1. The highest BCUT2D eigenvalue weighted by molar-refractivity contribution is 6.01. The molecule has 1 fully saturated rings. The molecule has 1 aliphatic heterocycles. The van der Waals surface area contributed by atoms with Crippen LogP contribution >= 0.6 is 0 Å². The lowest BCUT2D eigenvalue weighted by atomic mass is 9.98. The van der Waals surface area contributed by atoms with Gasteiger partial charge in [-0.2, -0.15) is 0 Å². The molecule has 1 aliphatic rings. The van der Waals surface area contributed by atoms with E-state index < -0.39 is 11.2 Å². The number of ketones is 1. The average Bonchev–Trinajstić information content (AvgIpc) is 2.74. The van der Waals surface area contributed by atoms with Gasteiger partial charge in [-0.25, -0.2) is 4.79 Å². The summed E-state index contributed by atoms with van der Waals surface area (Å²) in [7, 11) is 0. The second kappa shape index (κ2) is 9.86. The van der Waals surface area contributed by atoms with E-state index in [1.54, 1.807) is 6.92 Å². The van der Waals surface area contributed by atoms with Gasteiger partial charge in [0.25, 0.3) is 5.56 Å². The first-order valence-electron chi connectivity index (χ1n) is 10.5. The van der Waals surface area contributed by atoms with Crippen molar-refractivity contribution >= 4 is 11.6 Å². The monoisotopic (exact) mass is 414 g/mol. The van der Waals surface area contributed by atoms with Crippen molar-refractivity contribution in [2.75, 3.05) is 25.4 Å². The Labute approximate surface area is 175 Å². The molecule has 0 spiro atoms. The number of hydrogen-bond donors (Lipinski definition) is 2. The normalized spacial score (nSPS) is 17.2. The summed E-state index contributed by atoms with van der Waals surface area (Å²) in [6.07, 6.45) is 3.53. The van der Waals surface area contributed by atoms with Crippen LogP contribution in [0.1, 0.15) is 48.5 Å². The van der Waals surface area contributed by atoms with E-state index in [2.05, 4.69) is 0 Å². The molecule has 3 N–H and O–H groups in total. The van der Waals surface area contributed by atoms with Gasteiger partial charge in [-0.05, 0) is 38.3 Å². The standard InChI is InChI=1S/C22H30N4O4/c1-2-25-21(29)19(18(28)15-24-12-7-6-10-17(24)11-13-27)20(23)26(22(25)30)14-16-8-4-3-5-9-16/h3-5,8-9,17,27H,2,6-7,10-15,23H2,1H3. The lowest BCUT2D eigenvalue weighted by Gasteiger charge is -2.35. The molecule has 0 bridgehead atoms. The topological polar surface area (TPSA) is 111 Å². The maximum absolute atomic E-state index is 13.2. The SMILES string of the molecule is CCn1c(=O)c(C(=O)CN2CCCCC2CCO)c(N)n(Cc2ccccc2)c1=O. The van der Waals surface area contributed by atoms with Gasteiger partial charge < -0.3 is 10.8 Å². The van der Waals surface area contributed by atoms with Crippen LogP contribution in [0.25, 0.3) is 0 Å². The van der Waals surface area contributed by atoms with E-state index in [-0.39, 0.29) is 49.4 Å². The molecule has 1 atom stereocenters. The Morgan fingerprint density at radius 1 is 1.17 bits per heavy atom. The number of piperidine rings is 1. The Balaban J connectivity index is 1.99. The van der Waals surface area contributed by atoms with Crippen molar-refractivity contribution in [3.05, 3.63) is 62.3 Å². The van der Waals surface area contributed by atoms with Crippen LogP contribution in [0, 0.1) is 0 Å². The number of rotatable bonds is 8. The van der Waals surface area contributed by atoms with E-state index >= 15 is 0 Å². The fraction of sp³-hybridized carbons (Fsp3) is 0.500. The molecule has 1 unspecified atom stereocenters. The number of likely N-dealkylation sites (tertiary alicyclic amines) is 1.